The molecule has 2 rings (SSSR count). The number of H-pyrrole nitrogens is 1. The van der Waals surface area contributed by atoms with Crippen LogP contribution in [-0.4, -0.2) is 39.0 Å². The zero-order valence-electron chi connectivity index (χ0n) is 12.3. The summed E-state index contributed by atoms with van der Waals surface area (Å²) in [4.78, 5) is 25.8. The van der Waals surface area contributed by atoms with Crippen LogP contribution < -0.4 is 5.32 Å². The number of nitrogens with one attached hydrogen (secondary N) is 2. The van der Waals surface area contributed by atoms with Gasteiger partial charge in [-0.05, 0) is 19.8 Å². The minimum Gasteiger partial charge on any atom is -0.301 e. The highest BCUT2D eigenvalue weighted by atomic mass is 16.2. The van der Waals surface area contributed by atoms with Crippen LogP contribution in [0, 0.1) is 6.92 Å². The lowest BCUT2D eigenvalue weighted by Crippen LogP contribution is -2.43. The third kappa shape index (κ3) is 2.75. The van der Waals surface area contributed by atoms with E-state index < -0.39 is 6.04 Å². The minimum absolute atomic E-state index is 0.0254. The molecular formula is C14H22N4O2. The molecule has 0 saturated carbocycles. The van der Waals surface area contributed by atoms with E-state index in [9.17, 15) is 9.59 Å². The van der Waals surface area contributed by atoms with Crippen LogP contribution in [0.1, 0.15) is 44.4 Å². The Morgan fingerprint density at radius 2 is 2.15 bits per heavy atom. The summed E-state index contributed by atoms with van der Waals surface area (Å²) in [6.45, 7) is 6.49. The Morgan fingerprint density at radius 3 is 2.70 bits per heavy atom. The summed E-state index contributed by atoms with van der Waals surface area (Å²) in [7, 11) is 0. The van der Waals surface area contributed by atoms with Crippen LogP contribution in [0.25, 0.3) is 0 Å². The van der Waals surface area contributed by atoms with Gasteiger partial charge in [0, 0.05) is 23.8 Å². The summed E-state index contributed by atoms with van der Waals surface area (Å²) in [5.41, 5.74) is 2.00. The van der Waals surface area contributed by atoms with Gasteiger partial charge in [0.2, 0.25) is 11.8 Å². The molecule has 1 aliphatic rings. The van der Waals surface area contributed by atoms with Crippen molar-refractivity contribution in [2.45, 2.75) is 58.7 Å². The summed E-state index contributed by atoms with van der Waals surface area (Å²) in [5, 5.41) is 9.97. The lowest BCUT2D eigenvalue weighted by molar-refractivity contribution is -0.141. The van der Waals surface area contributed by atoms with Gasteiger partial charge in [-0.1, -0.05) is 13.8 Å². The number of carbonyl (C=O) groups excluding carboxylic acids is 2. The normalized spacial score (nSPS) is 19.4. The Balaban J connectivity index is 1.99. The number of aromatic amines is 1. The first-order valence-corrected chi connectivity index (χ1v) is 7.16. The van der Waals surface area contributed by atoms with Crippen molar-refractivity contribution in [3.05, 3.63) is 17.5 Å². The molecule has 6 nitrogen and oxygen atoms in total. The van der Waals surface area contributed by atoms with E-state index >= 15 is 0 Å². The predicted octanol–water partition coefficient (Wildman–Crippen LogP) is 1.12. The van der Waals surface area contributed by atoms with Crippen molar-refractivity contribution in [2.24, 2.45) is 0 Å². The standard InChI is InChI=1S/C14H22N4O2/c1-4-11(5-2)18-13(19)6-12(14(18)20)15-7-10-8-16-17-9(10)3/h8,11-12,15H,4-7H2,1-3H3,(H,16,17). The maximum absolute atomic E-state index is 12.3. The highest BCUT2D eigenvalue weighted by Crippen LogP contribution is 2.20. The number of aryl methyl sites for hydroxylation is 1. The highest BCUT2D eigenvalue weighted by Gasteiger charge is 2.40. The van der Waals surface area contributed by atoms with Crippen LogP contribution in [0.5, 0.6) is 0 Å². The average molecular weight is 278 g/mol. The van der Waals surface area contributed by atoms with E-state index in [4.69, 9.17) is 0 Å². The molecule has 0 radical (unpaired) electrons. The summed E-state index contributed by atoms with van der Waals surface area (Å²) in [6, 6.07) is -0.380. The topological polar surface area (TPSA) is 78.1 Å². The first-order valence-electron chi connectivity index (χ1n) is 7.16. The van der Waals surface area contributed by atoms with E-state index in [2.05, 4.69) is 15.5 Å². The largest absolute Gasteiger partial charge is 0.301 e. The number of nitrogens with zero attached hydrogens (tertiary/aromatic N) is 2. The summed E-state index contributed by atoms with van der Waals surface area (Å²) < 4.78 is 0. The quantitative estimate of drug-likeness (QED) is 0.764. The number of hydrogen-bond acceptors (Lipinski definition) is 4. The van der Waals surface area contributed by atoms with E-state index in [0.717, 1.165) is 24.1 Å². The highest BCUT2D eigenvalue weighted by molar-refractivity contribution is 6.05. The Kier molecular flexibility index (Phi) is 4.54. The zero-order valence-corrected chi connectivity index (χ0v) is 12.3. The van der Waals surface area contributed by atoms with E-state index in [1.807, 2.05) is 20.8 Å². The maximum Gasteiger partial charge on any atom is 0.247 e. The number of aromatic nitrogens is 2. The molecule has 1 fully saturated rings. The van der Waals surface area contributed by atoms with Gasteiger partial charge in [0.25, 0.3) is 0 Å². The molecule has 20 heavy (non-hydrogen) atoms. The van der Waals surface area contributed by atoms with Gasteiger partial charge >= 0.3 is 0 Å². The van der Waals surface area contributed by atoms with E-state index in [1.165, 1.54) is 4.90 Å². The summed E-state index contributed by atoms with van der Waals surface area (Å²) >= 11 is 0. The minimum atomic E-state index is -0.405. The molecule has 2 amide bonds. The smallest absolute Gasteiger partial charge is 0.247 e. The molecule has 1 unspecified atom stereocenters. The molecule has 1 saturated heterocycles. The Morgan fingerprint density at radius 1 is 1.45 bits per heavy atom. The molecule has 0 bridgehead atoms. The number of likely N-dealkylation sites (tertiary alicyclic amines) is 1. The van der Waals surface area contributed by atoms with Crippen LogP contribution in [0.3, 0.4) is 0 Å². The van der Waals surface area contributed by atoms with Gasteiger partial charge in [-0.25, -0.2) is 0 Å². The summed E-state index contributed by atoms with van der Waals surface area (Å²) in [6.07, 6.45) is 3.61. The van der Waals surface area contributed by atoms with Crippen molar-refractivity contribution in [1.82, 2.24) is 20.4 Å². The van der Waals surface area contributed by atoms with Crippen molar-refractivity contribution in [3.63, 3.8) is 0 Å². The average Bonchev–Trinajstić information content (AvgIpc) is 2.95. The molecule has 2 N–H and O–H groups in total. The molecule has 1 aliphatic heterocycles. The van der Waals surface area contributed by atoms with Crippen molar-refractivity contribution in [1.29, 1.82) is 0 Å². The van der Waals surface area contributed by atoms with E-state index in [0.29, 0.717) is 6.54 Å². The van der Waals surface area contributed by atoms with Crippen LogP contribution in [0.2, 0.25) is 0 Å². The van der Waals surface area contributed by atoms with Crippen molar-refractivity contribution < 1.29 is 9.59 Å². The first-order chi connectivity index (χ1) is 9.58. The predicted molar refractivity (Wildman–Crippen MR) is 74.8 cm³/mol. The first kappa shape index (κ1) is 14.7. The summed E-state index contributed by atoms with van der Waals surface area (Å²) in [5.74, 6) is -0.157. The fraction of sp³-hybridized carbons (Fsp3) is 0.643. The number of rotatable bonds is 6. The van der Waals surface area contributed by atoms with Gasteiger partial charge in [-0.2, -0.15) is 5.10 Å². The molecule has 110 valence electrons. The molecule has 0 aliphatic carbocycles. The Labute approximate surface area is 118 Å². The van der Waals surface area contributed by atoms with Crippen LogP contribution >= 0.6 is 0 Å². The molecule has 6 heteroatoms. The number of amides is 2. The fourth-order valence-electron chi connectivity index (χ4n) is 2.63. The third-order valence-electron chi connectivity index (χ3n) is 3.96. The van der Waals surface area contributed by atoms with Crippen molar-refractivity contribution in [2.75, 3.05) is 0 Å². The third-order valence-corrected chi connectivity index (χ3v) is 3.96. The van der Waals surface area contributed by atoms with E-state index in [1.54, 1.807) is 6.20 Å². The lowest BCUT2D eigenvalue weighted by Gasteiger charge is -2.24. The second-order valence-corrected chi connectivity index (χ2v) is 5.23. The number of carbonyl (C=O) groups is 2. The van der Waals surface area contributed by atoms with Crippen molar-refractivity contribution in [3.8, 4) is 0 Å². The fourth-order valence-corrected chi connectivity index (χ4v) is 2.63. The molecule has 0 aromatic carbocycles. The SMILES string of the molecule is CCC(CC)N1C(=O)CC(NCc2cn[nH]c2C)C1=O. The molecule has 1 aromatic rings. The molecule has 2 heterocycles. The monoisotopic (exact) mass is 278 g/mol. The van der Waals surface area contributed by atoms with Gasteiger partial charge in [0.1, 0.15) is 0 Å². The van der Waals surface area contributed by atoms with Crippen LogP contribution in [0.15, 0.2) is 6.20 Å². The molecular weight excluding hydrogens is 256 g/mol. The second kappa shape index (κ2) is 6.17. The molecule has 1 aromatic heterocycles. The van der Waals surface area contributed by atoms with Crippen LogP contribution in [-0.2, 0) is 16.1 Å². The number of hydrogen-bond donors (Lipinski definition) is 2. The van der Waals surface area contributed by atoms with Gasteiger partial charge in [0.15, 0.2) is 0 Å². The van der Waals surface area contributed by atoms with E-state index in [-0.39, 0.29) is 24.3 Å². The molecule has 0 spiro atoms. The van der Waals surface area contributed by atoms with Gasteiger partial charge in [0.05, 0.1) is 18.7 Å². The maximum atomic E-state index is 12.3. The van der Waals surface area contributed by atoms with Gasteiger partial charge in [-0.3, -0.25) is 19.6 Å². The second-order valence-electron chi connectivity index (χ2n) is 5.23. The Hall–Kier alpha value is -1.69. The van der Waals surface area contributed by atoms with Crippen molar-refractivity contribution >= 4 is 11.8 Å². The lowest BCUT2D eigenvalue weighted by atomic mass is 10.1. The van der Waals surface area contributed by atoms with Crippen LogP contribution in [0.4, 0.5) is 0 Å². The van der Waals surface area contributed by atoms with Gasteiger partial charge < -0.3 is 5.32 Å². The molecule has 1 atom stereocenters. The Bertz CT molecular complexity index is 493. The number of imide groups is 1. The zero-order chi connectivity index (χ0) is 14.7. The van der Waals surface area contributed by atoms with Gasteiger partial charge in [-0.15, -0.1) is 0 Å².